The van der Waals surface area contributed by atoms with Gasteiger partial charge in [-0.2, -0.15) is 8.42 Å². The van der Waals surface area contributed by atoms with Crippen molar-refractivity contribution in [3.8, 4) is 0 Å². The number of hydrogen-bond acceptors (Lipinski definition) is 3. The van der Waals surface area contributed by atoms with Crippen LogP contribution < -0.4 is 5.32 Å². The molecular formula is C18H39CaNO4S. The zero-order valence-corrected chi connectivity index (χ0v) is 19.1. The molecule has 148 valence electrons. The molecule has 0 unspecified atom stereocenters. The quantitative estimate of drug-likeness (QED) is 0.214. The second kappa shape index (κ2) is 19.4. The van der Waals surface area contributed by atoms with Gasteiger partial charge in [0.1, 0.15) is 0 Å². The Morgan fingerprint density at radius 2 is 1.24 bits per heavy atom. The largest absolute Gasteiger partial charge is 2.00 e. The molecule has 0 radical (unpaired) electrons. The van der Waals surface area contributed by atoms with Gasteiger partial charge in [-0.05, 0) is 6.42 Å². The maximum atomic E-state index is 11.4. The van der Waals surface area contributed by atoms with Gasteiger partial charge in [-0.1, -0.05) is 84.0 Å². The van der Waals surface area contributed by atoms with Gasteiger partial charge in [0.2, 0.25) is 5.91 Å². The molecule has 0 aromatic rings. The molecule has 2 N–H and O–H groups in total. The Hall–Kier alpha value is 0.640. The third-order valence-corrected chi connectivity index (χ3v) is 4.91. The molecule has 0 fully saturated rings. The summed E-state index contributed by atoms with van der Waals surface area (Å²) in [5.74, 6) is -0.557. The summed E-state index contributed by atoms with van der Waals surface area (Å²) >= 11 is 0. The SMILES string of the molecule is CCCCCCCCCCCCCCCC(=O)NCCS(=O)(=O)O.[Ca+2].[H-].[H-]. The van der Waals surface area contributed by atoms with Crippen molar-refractivity contribution in [1.82, 2.24) is 5.32 Å². The Morgan fingerprint density at radius 1 is 0.840 bits per heavy atom. The summed E-state index contributed by atoms with van der Waals surface area (Å²) in [7, 11) is -3.98. The van der Waals surface area contributed by atoms with Crippen molar-refractivity contribution in [2.75, 3.05) is 12.3 Å². The summed E-state index contributed by atoms with van der Waals surface area (Å²) in [5, 5.41) is 2.50. The molecule has 0 aromatic heterocycles. The molecule has 0 heterocycles. The number of unbranched alkanes of at least 4 members (excludes halogenated alkanes) is 12. The van der Waals surface area contributed by atoms with Gasteiger partial charge in [0.25, 0.3) is 10.1 Å². The minimum Gasteiger partial charge on any atom is -1.00 e. The first-order valence-corrected chi connectivity index (χ1v) is 11.3. The van der Waals surface area contributed by atoms with E-state index in [2.05, 4.69) is 12.2 Å². The van der Waals surface area contributed by atoms with E-state index in [0.717, 1.165) is 19.3 Å². The Bertz CT molecular complexity index is 412. The molecule has 0 saturated carbocycles. The van der Waals surface area contributed by atoms with Crippen LogP contribution in [0.25, 0.3) is 0 Å². The van der Waals surface area contributed by atoms with Crippen LogP contribution in [0.2, 0.25) is 0 Å². The molecule has 5 nitrogen and oxygen atoms in total. The summed E-state index contributed by atoms with van der Waals surface area (Å²) in [5.41, 5.74) is 0. The van der Waals surface area contributed by atoms with Gasteiger partial charge in [-0.15, -0.1) is 0 Å². The van der Waals surface area contributed by atoms with Gasteiger partial charge in [0.05, 0.1) is 5.75 Å². The number of carbonyl (C=O) groups excluding carboxylic acids is 1. The van der Waals surface area contributed by atoms with Crippen molar-refractivity contribution in [1.29, 1.82) is 0 Å². The maximum absolute atomic E-state index is 11.4. The Labute approximate surface area is 187 Å². The number of hydrogen-bond donors (Lipinski definition) is 2. The fourth-order valence-electron chi connectivity index (χ4n) is 2.71. The molecule has 7 heteroatoms. The number of carbonyl (C=O) groups is 1. The summed E-state index contributed by atoms with van der Waals surface area (Å²) in [6, 6.07) is 0. The van der Waals surface area contributed by atoms with Gasteiger partial charge < -0.3 is 8.17 Å². The summed E-state index contributed by atoms with van der Waals surface area (Å²) in [4.78, 5) is 11.4. The van der Waals surface area contributed by atoms with E-state index < -0.39 is 15.9 Å². The monoisotopic (exact) mass is 405 g/mol. The van der Waals surface area contributed by atoms with E-state index >= 15 is 0 Å². The van der Waals surface area contributed by atoms with Gasteiger partial charge in [-0.3, -0.25) is 9.35 Å². The maximum Gasteiger partial charge on any atom is 2.00 e. The van der Waals surface area contributed by atoms with E-state index in [4.69, 9.17) is 4.55 Å². The van der Waals surface area contributed by atoms with Crippen molar-refractivity contribution in [2.45, 2.75) is 96.8 Å². The van der Waals surface area contributed by atoms with E-state index in [1.54, 1.807) is 0 Å². The number of amides is 1. The van der Waals surface area contributed by atoms with Crippen LogP contribution in [0, 0.1) is 0 Å². The molecule has 0 rings (SSSR count). The predicted octanol–water partition coefficient (Wildman–Crippen LogP) is 4.32. The summed E-state index contributed by atoms with van der Waals surface area (Å²) in [6.07, 6.45) is 16.9. The number of nitrogens with one attached hydrogen (secondary N) is 1. The first-order chi connectivity index (χ1) is 11.5. The Balaban J connectivity index is -0.000000882. The molecule has 0 spiro atoms. The smallest absolute Gasteiger partial charge is 1.00 e. The molecular weight excluding hydrogens is 366 g/mol. The van der Waals surface area contributed by atoms with Crippen molar-refractivity contribution in [3.05, 3.63) is 0 Å². The van der Waals surface area contributed by atoms with Gasteiger partial charge in [-0.25, -0.2) is 0 Å². The number of rotatable bonds is 17. The summed E-state index contributed by atoms with van der Waals surface area (Å²) < 4.78 is 29.6. The summed E-state index contributed by atoms with van der Waals surface area (Å²) in [6.45, 7) is 2.23. The predicted molar refractivity (Wildman–Crippen MR) is 108 cm³/mol. The third-order valence-electron chi connectivity index (χ3n) is 4.19. The van der Waals surface area contributed by atoms with Crippen LogP contribution in [0.4, 0.5) is 0 Å². The third kappa shape index (κ3) is 24.6. The molecule has 25 heavy (non-hydrogen) atoms. The van der Waals surface area contributed by atoms with Crippen LogP contribution in [0.3, 0.4) is 0 Å². The van der Waals surface area contributed by atoms with Crippen molar-refractivity contribution < 1.29 is 20.6 Å². The fraction of sp³-hybridized carbons (Fsp3) is 0.944. The van der Waals surface area contributed by atoms with E-state index in [0.29, 0.717) is 6.42 Å². The Morgan fingerprint density at radius 3 is 1.64 bits per heavy atom. The topological polar surface area (TPSA) is 83.5 Å². The zero-order valence-electron chi connectivity index (χ0n) is 18.1. The molecule has 1 amide bonds. The molecule has 0 aliphatic heterocycles. The zero-order chi connectivity index (χ0) is 18.1. The van der Waals surface area contributed by atoms with Gasteiger partial charge in [0.15, 0.2) is 0 Å². The Kier molecular flexibility index (Phi) is 21.6. The molecule has 0 aliphatic carbocycles. The first-order valence-electron chi connectivity index (χ1n) is 9.67. The normalized spacial score (nSPS) is 11.1. The average Bonchev–Trinajstić information content (AvgIpc) is 2.50. The van der Waals surface area contributed by atoms with Crippen LogP contribution in [0.15, 0.2) is 0 Å². The van der Waals surface area contributed by atoms with E-state index in [1.165, 1.54) is 64.2 Å². The molecule has 0 bridgehead atoms. The van der Waals surface area contributed by atoms with Crippen LogP contribution in [-0.2, 0) is 14.9 Å². The van der Waals surface area contributed by atoms with Gasteiger partial charge in [0, 0.05) is 13.0 Å². The van der Waals surface area contributed by atoms with Crippen molar-refractivity contribution in [2.24, 2.45) is 0 Å². The standard InChI is InChI=1S/C18H37NO4S.Ca.2H/c1-2-3-4-5-6-7-8-9-10-11-12-13-14-15-18(20)19-16-17-24(21,22)23;;;/h2-17H2,1H3,(H,19,20)(H,21,22,23);;;/q;+2;2*-1. The van der Waals surface area contributed by atoms with Gasteiger partial charge >= 0.3 is 37.7 Å². The molecule has 0 atom stereocenters. The molecule has 0 saturated heterocycles. The van der Waals surface area contributed by atoms with Crippen LogP contribution >= 0.6 is 0 Å². The average molecular weight is 406 g/mol. The van der Waals surface area contributed by atoms with E-state index in [1.807, 2.05) is 0 Å². The van der Waals surface area contributed by atoms with Crippen molar-refractivity contribution >= 4 is 53.8 Å². The second-order valence-corrected chi connectivity index (χ2v) is 8.20. The minimum atomic E-state index is -3.98. The van der Waals surface area contributed by atoms with E-state index in [-0.39, 0.29) is 53.0 Å². The molecule has 0 aromatic carbocycles. The molecule has 0 aliphatic rings. The van der Waals surface area contributed by atoms with Crippen molar-refractivity contribution in [3.63, 3.8) is 0 Å². The first kappa shape index (κ1) is 27.9. The fourth-order valence-corrected chi connectivity index (χ4v) is 3.07. The van der Waals surface area contributed by atoms with Crippen LogP contribution in [0.1, 0.15) is 99.7 Å². The second-order valence-electron chi connectivity index (χ2n) is 6.63. The van der Waals surface area contributed by atoms with E-state index in [9.17, 15) is 13.2 Å². The minimum absolute atomic E-state index is 0. The van der Waals surface area contributed by atoms with Crippen LogP contribution in [-0.4, -0.2) is 68.9 Å². The van der Waals surface area contributed by atoms with Crippen LogP contribution in [0.5, 0.6) is 0 Å².